The van der Waals surface area contributed by atoms with Crippen molar-refractivity contribution in [1.82, 2.24) is 9.63 Å². The SMILES string of the molecule is c1ccc(CN2OC[C@H]3Cn4cccc4[C@H]32)cc1. The van der Waals surface area contributed by atoms with Gasteiger partial charge >= 0.3 is 0 Å². The van der Waals surface area contributed by atoms with Crippen molar-refractivity contribution in [3.63, 3.8) is 0 Å². The monoisotopic (exact) mass is 240 g/mol. The third-order valence-corrected chi connectivity index (χ3v) is 3.99. The zero-order chi connectivity index (χ0) is 11.9. The molecule has 0 bridgehead atoms. The maximum absolute atomic E-state index is 5.87. The van der Waals surface area contributed by atoms with Gasteiger partial charge in [-0.1, -0.05) is 30.3 Å². The molecule has 1 aromatic heterocycles. The van der Waals surface area contributed by atoms with Crippen LogP contribution < -0.4 is 0 Å². The normalized spacial score (nSPS) is 26.2. The third kappa shape index (κ3) is 1.51. The molecule has 0 radical (unpaired) electrons. The Morgan fingerprint density at radius 3 is 2.89 bits per heavy atom. The van der Waals surface area contributed by atoms with Gasteiger partial charge in [0, 0.05) is 30.9 Å². The number of nitrogens with zero attached hydrogens (tertiary/aromatic N) is 2. The summed E-state index contributed by atoms with van der Waals surface area (Å²) in [6.07, 6.45) is 2.17. The van der Waals surface area contributed by atoms with E-state index >= 15 is 0 Å². The summed E-state index contributed by atoms with van der Waals surface area (Å²) in [5, 5.41) is 2.15. The van der Waals surface area contributed by atoms with Gasteiger partial charge in [0.05, 0.1) is 12.6 Å². The van der Waals surface area contributed by atoms with E-state index in [0.29, 0.717) is 12.0 Å². The van der Waals surface area contributed by atoms with Crippen molar-refractivity contribution in [2.24, 2.45) is 5.92 Å². The second-order valence-corrected chi connectivity index (χ2v) is 5.15. The molecule has 0 aliphatic carbocycles. The minimum absolute atomic E-state index is 0.431. The zero-order valence-corrected chi connectivity index (χ0v) is 10.2. The number of benzene rings is 1. The van der Waals surface area contributed by atoms with Crippen LogP contribution in [0.25, 0.3) is 0 Å². The lowest BCUT2D eigenvalue weighted by molar-refractivity contribution is -0.141. The topological polar surface area (TPSA) is 17.4 Å². The van der Waals surface area contributed by atoms with Crippen molar-refractivity contribution in [2.75, 3.05) is 6.61 Å². The fourth-order valence-electron chi connectivity index (χ4n) is 3.16. The standard InChI is InChI=1S/C15H16N2O/c1-2-5-12(6-3-1)9-17-15-13(11-18-17)10-16-8-4-7-14(15)16/h1-8,13,15H,9-11H2/t13-,15+/m1/s1. The molecule has 3 nitrogen and oxygen atoms in total. The third-order valence-electron chi connectivity index (χ3n) is 3.99. The largest absolute Gasteiger partial charge is 0.349 e. The summed E-state index contributed by atoms with van der Waals surface area (Å²) in [5.41, 5.74) is 2.71. The van der Waals surface area contributed by atoms with Crippen molar-refractivity contribution in [1.29, 1.82) is 0 Å². The van der Waals surface area contributed by atoms with E-state index in [1.165, 1.54) is 11.3 Å². The van der Waals surface area contributed by atoms with E-state index in [9.17, 15) is 0 Å². The van der Waals surface area contributed by atoms with E-state index in [0.717, 1.165) is 19.7 Å². The van der Waals surface area contributed by atoms with E-state index in [4.69, 9.17) is 4.84 Å². The Hall–Kier alpha value is -1.58. The lowest BCUT2D eigenvalue weighted by Crippen LogP contribution is -2.22. The summed E-state index contributed by atoms with van der Waals surface area (Å²) in [5.74, 6) is 0.616. The summed E-state index contributed by atoms with van der Waals surface area (Å²) in [6.45, 7) is 2.81. The van der Waals surface area contributed by atoms with Crippen LogP contribution in [-0.4, -0.2) is 16.2 Å². The van der Waals surface area contributed by atoms with Gasteiger partial charge in [-0.25, -0.2) is 0 Å². The maximum Gasteiger partial charge on any atom is 0.0825 e. The summed E-state index contributed by atoms with van der Waals surface area (Å²) in [6, 6.07) is 15.3. The molecule has 1 fully saturated rings. The van der Waals surface area contributed by atoms with Crippen molar-refractivity contribution >= 4 is 0 Å². The van der Waals surface area contributed by atoms with E-state index in [1.807, 2.05) is 0 Å². The lowest BCUT2D eigenvalue weighted by Gasteiger charge is -2.21. The predicted octanol–water partition coefficient (Wildman–Crippen LogP) is 2.61. The van der Waals surface area contributed by atoms with Crippen molar-refractivity contribution in [3.8, 4) is 0 Å². The van der Waals surface area contributed by atoms with Gasteiger partial charge in [0.1, 0.15) is 0 Å². The number of hydroxylamine groups is 2. The van der Waals surface area contributed by atoms with Gasteiger partial charge in [0.25, 0.3) is 0 Å². The first-order valence-corrected chi connectivity index (χ1v) is 6.50. The van der Waals surface area contributed by atoms with Gasteiger partial charge in [-0.2, -0.15) is 5.06 Å². The Bertz CT molecular complexity index is 549. The molecule has 1 aromatic carbocycles. The first kappa shape index (κ1) is 10.4. The lowest BCUT2D eigenvalue weighted by atomic mass is 10.0. The molecule has 2 aliphatic rings. The second-order valence-electron chi connectivity index (χ2n) is 5.15. The molecule has 92 valence electrons. The fraction of sp³-hybridized carbons (Fsp3) is 0.333. The van der Waals surface area contributed by atoms with Crippen molar-refractivity contribution < 1.29 is 4.84 Å². The van der Waals surface area contributed by atoms with Gasteiger partial charge in [-0.15, -0.1) is 0 Å². The van der Waals surface area contributed by atoms with Crippen LogP contribution in [0.3, 0.4) is 0 Å². The molecule has 0 spiro atoms. The minimum atomic E-state index is 0.431. The molecule has 3 heteroatoms. The number of hydrogen-bond donors (Lipinski definition) is 0. The van der Waals surface area contributed by atoms with Gasteiger partial charge in [0.15, 0.2) is 0 Å². The van der Waals surface area contributed by atoms with Crippen LogP contribution in [0, 0.1) is 5.92 Å². The molecular formula is C15H16N2O. The van der Waals surface area contributed by atoms with E-state index < -0.39 is 0 Å². The molecule has 0 saturated carbocycles. The zero-order valence-electron chi connectivity index (χ0n) is 10.2. The summed E-state index contributed by atoms with van der Waals surface area (Å²) in [7, 11) is 0. The minimum Gasteiger partial charge on any atom is -0.349 e. The quantitative estimate of drug-likeness (QED) is 0.802. The van der Waals surface area contributed by atoms with E-state index in [1.54, 1.807) is 0 Å². The number of hydrogen-bond acceptors (Lipinski definition) is 2. The number of rotatable bonds is 2. The molecule has 2 aromatic rings. The molecule has 2 atom stereocenters. The van der Waals surface area contributed by atoms with Crippen LogP contribution in [0.15, 0.2) is 48.7 Å². The average Bonchev–Trinajstić information content (AvgIpc) is 3.03. The van der Waals surface area contributed by atoms with Crippen molar-refractivity contribution in [3.05, 3.63) is 59.9 Å². The molecule has 1 saturated heterocycles. The van der Waals surface area contributed by atoms with Crippen molar-refractivity contribution in [2.45, 2.75) is 19.1 Å². The molecule has 4 rings (SSSR count). The maximum atomic E-state index is 5.87. The summed E-state index contributed by atoms with van der Waals surface area (Å²) >= 11 is 0. The van der Waals surface area contributed by atoms with Gasteiger partial charge in [0.2, 0.25) is 0 Å². The Balaban J connectivity index is 1.60. The van der Waals surface area contributed by atoms with Gasteiger partial charge in [-0.05, 0) is 17.7 Å². The molecule has 3 heterocycles. The van der Waals surface area contributed by atoms with Crippen LogP contribution in [0.2, 0.25) is 0 Å². The summed E-state index contributed by atoms with van der Waals surface area (Å²) < 4.78 is 2.36. The fourth-order valence-corrected chi connectivity index (χ4v) is 3.16. The first-order chi connectivity index (χ1) is 8.92. The van der Waals surface area contributed by atoms with Crippen LogP contribution in [0.4, 0.5) is 0 Å². The second kappa shape index (κ2) is 3.97. The van der Waals surface area contributed by atoms with E-state index in [2.05, 4.69) is 58.3 Å². The molecule has 2 aliphatic heterocycles. The highest BCUT2D eigenvalue weighted by Crippen LogP contribution is 2.42. The Labute approximate surface area is 107 Å². The molecule has 0 N–H and O–H groups in total. The smallest absolute Gasteiger partial charge is 0.0825 e. The molecular weight excluding hydrogens is 224 g/mol. The highest BCUT2D eigenvalue weighted by Gasteiger charge is 2.42. The van der Waals surface area contributed by atoms with Crippen LogP contribution in [0.5, 0.6) is 0 Å². The first-order valence-electron chi connectivity index (χ1n) is 6.50. The average molecular weight is 240 g/mol. The van der Waals surface area contributed by atoms with Crippen LogP contribution in [-0.2, 0) is 17.9 Å². The summed E-state index contributed by atoms with van der Waals surface area (Å²) in [4.78, 5) is 5.87. The molecule has 18 heavy (non-hydrogen) atoms. The van der Waals surface area contributed by atoms with Gasteiger partial charge < -0.3 is 4.57 Å². The highest BCUT2D eigenvalue weighted by atomic mass is 16.7. The Morgan fingerprint density at radius 2 is 2.00 bits per heavy atom. The van der Waals surface area contributed by atoms with Crippen LogP contribution in [0.1, 0.15) is 17.3 Å². The predicted molar refractivity (Wildman–Crippen MR) is 68.6 cm³/mol. The van der Waals surface area contributed by atoms with Gasteiger partial charge in [-0.3, -0.25) is 4.84 Å². The molecule has 0 unspecified atom stereocenters. The Kier molecular flexibility index (Phi) is 2.28. The van der Waals surface area contributed by atoms with Crippen LogP contribution >= 0.6 is 0 Å². The molecule has 0 amide bonds. The van der Waals surface area contributed by atoms with E-state index in [-0.39, 0.29) is 0 Å². The highest BCUT2D eigenvalue weighted by molar-refractivity contribution is 5.20. The Morgan fingerprint density at radius 1 is 1.11 bits per heavy atom. The number of fused-ring (bicyclic) bond motifs is 3. The number of aromatic nitrogens is 1.